The molecule has 0 aromatic heterocycles. The number of carbonyl (C=O) groups is 2. The minimum atomic E-state index is -0.414. The summed E-state index contributed by atoms with van der Waals surface area (Å²) in [4.78, 5) is 22.9. The van der Waals surface area contributed by atoms with Crippen LogP contribution in [0.3, 0.4) is 0 Å². The third-order valence-electron chi connectivity index (χ3n) is 2.50. The molecule has 0 fully saturated rings. The number of esters is 1. The van der Waals surface area contributed by atoms with Crippen LogP contribution in [-0.2, 0) is 9.53 Å². The lowest BCUT2D eigenvalue weighted by molar-refractivity contribution is -0.143. The summed E-state index contributed by atoms with van der Waals surface area (Å²) in [6.07, 6.45) is 0.113. The Bertz CT molecular complexity index is 482. The first-order valence-corrected chi connectivity index (χ1v) is 5.42. The summed E-state index contributed by atoms with van der Waals surface area (Å²) in [5.41, 5.74) is 1.25. The quantitative estimate of drug-likeness (QED) is 0.751. The molecule has 0 saturated heterocycles. The van der Waals surface area contributed by atoms with Crippen molar-refractivity contribution in [3.63, 3.8) is 0 Å². The molecule has 1 atom stereocenters. The van der Waals surface area contributed by atoms with Crippen LogP contribution < -0.4 is 0 Å². The van der Waals surface area contributed by atoms with E-state index in [1.807, 2.05) is 6.07 Å². The monoisotopic (exact) mass is 232 g/mol. The Hall–Kier alpha value is -2.04. The molecule has 0 radical (unpaired) electrons. The van der Waals surface area contributed by atoms with Crippen molar-refractivity contribution in [1.29, 1.82) is 0 Å². The van der Waals surface area contributed by atoms with Gasteiger partial charge in [-0.15, -0.1) is 5.11 Å². The fraction of sp³-hybridized carbons (Fsp3) is 0.333. The minimum absolute atomic E-state index is 0.113. The van der Waals surface area contributed by atoms with Crippen LogP contribution in [0, 0.1) is 0 Å². The molecule has 5 nitrogen and oxygen atoms in total. The summed E-state index contributed by atoms with van der Waals surface area (Å²) < 4.78 is 4.86. The lowest BCUT2D eigenvalue weighted by Crippen LogP contribution is -2.14. The number of rotatable bonds is 3. The van der Waals surface area contributed by atoms with E-state index in [2.05, 4.69) is 10.2 Å². The molecule has 2 rings (SSSR count). The van der Waals surface area contributed by atoms with E-state index in [-0.39, 0.29) is 18.3 Å². The molecular weight excluding hydrogens is 220 g/mol. The highest BCUT2D eigenvalue weighted by Gasteiger charge is 2.25. The van der Waals surface area contributed by atoms with E-state index in [0.29, 0.717) is 12.2 Å². The second-order valence-electron chi connectivity index (χ2n) is 3.63. The summed E-state index contributed by atoms with van der Waals surface area (Å²) in [7, 11) is 0. The molecular formula is C12H12N2O3. The van der Waals surface area contributed by atoms with Gasteiger partial charge in [0.25, 0.3) is 5.91 Å². The Balaban J connectivity index is 2.23. The van der Waals surface area contributed by atoms with Crippen LogP contribution >= 0.6 is 0 Å². The molecule has 17 heavy (non-hydrogen) atoms. The Labute approximate surface area is 98.5 Å². The van der Waals surface area contributed by atoms with Crippen LogP contribution in [0.1, 0.15) is 35.3 Å². The highest BCUT2D eigenvalue weighted by molar-refractivity contribution is 5.97. The summed E-state index contributed by atoms with van der Waals surface area (Å²) in [6.45, 7) is 2.08. The van der Waals surface area contributed by atoms with Gasteiger partial charge in [-0.2, -0.15) is 5.11 Å². The first kappa shape index (κ1) is 11.4. The third-order valence-corrected chi connectivity index (χ3v) is 2.50. The average Bonchev–Trinajstić information content (AvgIpc) is 2.34. The summed E-state index contributed by atoms with van der Waals surface area (Å²) in [5, 5.41) is 7.39. The molecule has 1 aromatic carbocycles. The number of hydrogen-bond acceptors (Lipinski definition) is 4. The summed E-state index contributed by atoms with van der Waals surface area (Å²) in [6, 6.07) is 6.64. The smallest absolute Gasteiger partial charge is 0.308 e. The second kappa shape index (κ2) is 4.86. The fourth-order valence-corrected chi connectivity index (χ4v) is 1.75. The molecule has 1 aromatic rings. The number of fused-ring (bicyclic) bond motifs is 1. The zero-order chi connectivity index (χ0) is 12.3. The van der Waals surface area contributed by atoms with Crippen molar-refractivity contribution in [3.8, 4) is 0 Å². The van der Waals surface area contributed by atoms with Crippen molar-refractivity contribution in [2.75, 3.05) is 6.61 Å². The van der Waals surface area contributed by atoms with Crippen molar-refractivity contribution in [3.05, 3.63) is 35.4 Å². The molecule has 0 N–H and O–H groups in total. The highest BCUT2D eigenvalue weighted by Crippen LogP contribution is 2.29. The molecule has 0 aliphatic carbocycles. The van der Waals surface area contributed by atoms with Crippen LogP contribution in [0.5, 0.6) is 0 Å². The zero-order valence-corrected chi connectivity index (χ0v) is 9.42. The van der Waals surface area contributed by atoms with Gasteiger partial charge in [0.05, 0.1) is 13.0 Å². The number of benzene rings is 1. The number of ether oxygens (including phenoxy) is 1. The molecule has 1 amide bonds. The number of azo groups is 1. The molecule has 5 heteroatoms. The third kappa shape index (κ3) is 2.38. The van der Waals surface area contributed by atoms with Gasteiger partial charge in [-0.25, -0.2) is 0 Å². The molecule has 1 aliphatic heterocycles. The van der Waals surface area contributed by atoms with Crippen LogP contribution in [0.2, 0.25) is 0 Å². The molecule has 0 bridgehead atoms. The SMILES string of the molecule is CCOC(=O)CC1N=NC(=O)c2ccccc21. The molecule has 1 unspecified atom stereocenters. The summed E-state index contributed by atoms with van der Waals surface area (Å²) >= 11 is 0. The van der Waals surface area contributed by atoms with Crippen LogP contribution in [0.4, 0.5) is 0 Å². The number of hydrogen-bond donors (Lipinski definition) is 0. The van der Waals surface area contributed by atoms with Crippen molar-refractivity contribution >= 4 is 11.9 Å². The van der Waals surface area contributed by atoms with Gasteiger partial charge in [-0.1, -0.05) is 18.2 Å². The largest absolute Gasteiger partial charge is 0.466 e. The van der Waals surface area contributed by atoms with E-state index in [9.17, 15) is 9.59 Å². The van der Waals surface area contributed by atoms with Crippen molar-refractivity contribution in [2.24, 2.45) is 10.2 Å². The maximum Gasteiger partial charge on any atom is 0.308 e. The van der Waals surface area contributed by atoms with E-state index in [1.165, 1.54) is 0 Å². The van der Waals surface area contributed by atoms with Crippen LogP contribution in [-0.4, -0.2) is 18.5 Å². The number of carbonyl (C=O) groups excluding carboxylic acids is 2. The van der Waals surface area contributed by atoms with E-state index >= 15 is 0 Å². The van der Waals surface area contributed by atoms with Crippen LogP contribution in [0.15, 0.2) is 34.5 Å². The lowest BCUT2D eigenvalue weighted by Gasteiger charge is -2.16. The van der Waals surface area contributed by atoms with Crippen LogP contribution in [0.25, 0.3) is 0 Å². The topological polar surface area (TPSA) is 68.1 Å². The first-order valence-electron chi connectivity index (χ1n) is 5.42. The number of nitrogens with zero attached hydrogens (tertiary/aromatic N) is 2. The summed E-state index contributed by atoms with van der Waals surface area (Å²) in [5.74, 6) is -0.693. The Morgan fingerprint density at radius 2 is 2.18 bits per heavy atom. The van der Waals surface area contributed by atoms with Gasteiger partial charge in [0.1, 0.15) is 6.04 Å². The molecule has 1 aliphatic rings. The molecule has 88 valence electrons. The predicted molar refractivity (Wildman–Crippen MR) is 59.6 cm³/mol. The van der Waals surface area contributed by atoms with Gasteiger partial charge in [0.15, 0.2) is 0 Å². The second-order valence-corrected chi connectivity index (χ2v) is 3.63. The van der Waals surface area contributed by atoms with Crippen molar-refractivity contribution < 1.29 is 14.3 Å². The molecule has 1 heterocycles. The Kier molecular flexibility index (Phi) is 3.27. The Morgan fingerprint density at radius 3 is 2.94 bits per heavy atom. The highest BCUT2D eigenvalue weighted by atomic mass is 16.5. The maximum atomic E-state index is 11.5. The van der Waals surface area contributed by atoms with E-state index in [0.717, 1.165) is 5.56 Å². The lowest BCUT2D eigenvalue weighted by atomic mass is 9.97. The number of amides is 1. The molecule has 0 spiro atoms. The normalized spacial score (nSPS) is 17.7. The van der Waals surface area contributed by atoms with E-state index in [4.69, 9.17) is 4.74 Å². The standard InChI is InChI=1S/C12H12N2O3/c1-2-17-11(15)7-10-8-5-3-4-6-9(8)12(16)14-13-10/h3-6,10H,2,7H2,1H3. The average molecular weight is 232 g/mol. The maximum absolute atomic E-state index is 11.5. The zero-order valence-electron chi connectivity index (χ0n) is 9.42. The fourth-order valence-electron chi connectivity index (χ4n) is 1.75. The van der Waals surface area contributed by atoms with Crippen molar-refractivity contribution in [2.45, 2.75) is 19.4 Å². The van der Waals surface area contributed by atoms with Crippen molar-refractivity contribution in [1.82, 2.24) is 0 Å². The van der Waals surface area contributed by atoms with Gasteiger partial charge in [-0.3, -0.25) is 9.59 Å². The van der Waals surface area contributed by atoms with E-state index < -0.39 is 6.04 Å². The Morgan fingerprint density at radius 1 is 1.41 bits per heavy atom. The minimum Gasteiger partial charge on any atom is -0.466 e. The van der Waals surface area contributed by atoms with Gasteiger partial charge < -0.3 is 4.74 Å². The van der Waals surface area contributed by atoms with Gasteiger partial charge in [0, 0.05) is 5.56 Å². The predicted octanol–water partition coefficient (Wildman–Crippen LogP) is 2.29. The first-order chi connectivity index (χ1) is 8.22. The molecule has 0 saturated carbocycles. The van der Waals surface area contributed by atoms with Gasteiger partial charge >= 0.3 is 5.97 Å². The van der Waals surface area contributed by atoms with Gasteiger partial charge in [-0.05, 0) is 18.6 Å². The van der Waals surface area contributed by atoms with E-state index in [1.54, 1.807) is 25.1 Å². The van der Waals surface area contributed by atoms with Gasteiger partial charge in [0.2, 0.25) is 0 Å².